The maximum Gasteiger partial charge on any atom is 0.270 e. The lowest BCUT2D eigenvalue weighted by atomic mass is 9.82. The number of carbonyl (C=O) groups is 1. The summed E-state index contributed by atoms with van der Waals surface area (Å²) in [5.74, 6) is -0.163. The van der Waals surface area contributed by atoms with Gasteiger partial charge in [0.15, 0.2) is 0 Å². The molecule has 0 aliphatic carbocycles. The standard InChI is InChI=1S/C13H21N3O3S/c1-3-13(4-2)5-6-16(9-13)12(17)11-7-10(8-15-11)20(14,18)19/h7-8,15H,3-6,9H2,1-2H3,(H2,14,18,19). The van der Waals surface area contributed by atoms with Crippen LogP contribution in [0.2, 0.25) is 0 Å². The molecule has 0 radical (unpaired) electrons. The van der Waals surface area contributed by atoms with Crippen molar-refractivity contribution in [3.63, 3.8) is 0 Å². The summed E-state index contributed by atoms with van der Waals surface area (Å²) < 4.78 is 22.4. The van der Waals surface area contributed by atoms with Gasteiger partial charge in [0.25, 0.3) is 5.91 Å². The van der Waals surface area contributed by atoms with Crippen LogP contribution in [0, 0.1) is 5.41 Å². The molecule has 1 aromatic heterocycles. The minimum atomic E-state index is -3.77. The molecule has 0 atom stereocenters. The quantitative estimate of drug-likeness (QED) is 0.877. The molecule has 1 aromatic rings. The van der Waals surface area contributed by atoms with Gasteiger partial charge in [-0.3, -0.25) is 4.79 Å². The lowest BCUT2D eigenvalue weighted by Gasteiger charge is -2.26. The molecule has 0 spiro atoms. The van der Waals surface area contributed by atoms with Crippen LogP contribution in [0.3, 0.4) is 0 Å². The Morgan fingerprint density at radius 3 is 2.55 bits per heavy atom. The second-order valence-electron chi connectivity index (χ2n) is 5.48. The van der Waals surface area contributed by atoms with E-state index in [1.165, 1.54) is 12.3 Å². The Morgan fingerprint density at radius 1 is 1.45 bits per heavy atom. The van der Waals surface area contributed by atoms with Gasteiger partial charge < -0.3 is 9.88 Å². The van der Waals surface area contributed by atoms with Crippen molar-refractivity contribution >= 4 is 15.9 Å². The number of H-pyrrole nitrogens is 1. The number of aromatic amines is 1. The van der Waals surface area contributed by atoms with Crippen LogP contribution in [-0.2, 0) is 10.0 Å². The number of primary sulfonamides is 1. The first-order chi connectivity index (χ1) is 9.31. The van der Waals surface area contributed by atoms with Crippen LogP contribution in [0.5, 0.6) is 0 Å². The zero-order valence-corrected chi connectivity index (χ0v) is 12.7. The monoisotopic (exact) mass is 299 g/mol. The highest BCUT2D eigenvalue weighted by atomic mass is 32.2. The number of hydrogen-bond acceptors (Lipinski definition) is 3. The number of nitrogens with two attached hydrogens (primary N) is 1. The molecular weight excluding hydrogens is 278 g/mol. The van der Waals surface area contributed by atoms with Crippen LogP contribution >= 0.6 is 0 Å². The Bertz CT molecular complexity index is 602. The van der Waals surface area contributed by atoms with E-state index >= 15 is 0 Å². The minimum absolute atomic E-state index is 0.0581. The van der Waals surface area contributed by atoms with Crippen molar-refractivity contribution in [2.24, 2.45) is 10.6 Å². The molecule has 0 bridgehead atoms. The van der Waals surface area contributed by atoms with E-state index in [-0.39, 0.29) is 21.9 Å². The van der Waals surface area contributed by atoms with Gasteiger partial charge >= 0.3 is 0 Å². The smallest absolute Gasteiger partial charge is 0.270 e. The molecule has 6 nitrogen and oxygen atoms in total. The van der Waals surface area contributed by atoms with E-state index in [9.17, 15) is 13.2 Å². The molecule has 0 unspecified atom stereocenters. The van der Waals surface area contributed by atoms with Gasteiger partial charge in [-0.25, -0.2) is 13.6 Å². The number of rotatable bonds is 4. The summed E-state index contributed by atoms with van der Waals surface area (Å²) in [5.41, 5.74) is 0.474. The van der Waals surface area contributed by atoms with Gasteiger partial charge in [-0.05, 0) is 30.7 Å². The summed E-state index contributed by atoms with van der Waals surface area (Å²) in [6, 6.07) is 1.30. The second kappa shape index (κ2) is 5.21. The molecule has 2 rings (SSSR count). The number of hydrogen-bond donors (Lipinski definition) is 2. The first-order valence-electron chi connectivity index (χ1n) is 6.82. The minimum Gasteiger partial charge on any atom is -0.356 e. The summed E-state index contributed by atoms with van der Waals surface area (Å²) in [6.45, 7) is 5.73. The zero-order chi connectivity index (χ0) is 15.0. The first-order valence-corrected chi connectivity index (χ1v) is 8.36. The topological polar surface area (TPSA) is 96.3 Å². The van der Waals surface area contributed by atoms with Crippen molar-refractivity contribution in [2.45, 2.75) is 38.0 Å². The highest BCUT2D eigenvalue weighted by Crippen LogP contribution is 2.37. The maximum absolute atomic E-state index is 12.4. The summed E-state index contributed by atoms with van der Waals surface area (Å²) in [6.07, 6.45) is 4.33. The summed E-state index contributed by atoms with van der Waals surface area (Å²) in [7, 11) is -3.77. The average molecular weight is 299 g/mol. The molecule has 7 heteroatoms. The fourth-order valence-electron chi connectivity index (χ4n) is 2.77. The van der Waals surface area contributed by atoms with Crippen molar-refractivity contribution in [3.05, 3.63) is 18.0 Å². The van der Waals surface area contributed by atoms with Crippen LogP contribution in [0.15, 0.2) is 17.2 Å². The molecule has 2 heterocycles. The molecule has 0 saturated carbocycles. The van der Waals surface area contributed by atoms with Crippen LogP contribution < -0.4 is 5.14 Å². The Balaban J connectivity index is 2.15. The Labute approximate surface area is 119 Å². The molecule has 1 aliphatic heterocycles. The number of nitrogens with one attached hydrogen (secondary N) is 1. The highest BCUT2D eigenvalue weighted by molar-refractivity contribution is 7.89. The number of carbonyl (C=O) groups excluding carboxylic acids is 1. The molecule has 20 heavy (non-hydrogen) atoms. The SMILES string of the molecule is CCC1(CC)CCN(C(=O)c2cc(S(N)(=O)=O)c[nH]2)C1. The third kappa shape index (κ3) is 2.73. The molecule has 3 N–H and O–H groups in total. The van der Waals surface area contributed by atoms with Crippen LogP contribution in [0.4, 0.5) is 0 Å². The van der Waals surface area contributed by atoms with E-state index < -0.39 is 10.0 Å². The van der Waals surface area contributed by atoms with Gasteiger partial charge in [0.05, 0.1) is 4.90 Å². The molecule has 1 aliphatic rings. The summed E-state index contributed by atoms with van der Waals surface area (Å²) in [5, 5.41) is 5.04. The zero-order valence-electron chi connectivity index (χ0n) is 11.8. The van der Waals surface area contributed by atoms with Gasteiger partial charge in [0.1, 0.15) is 5.69 Å². The van der Waals surface area contributed by atoms with Gasteiger partial charge in [-0.15, -0.1) is 0 Å². The van der Waals surface area contributed by atoms with E-state index in [0.29, 0.717) is 6.54 Å². The summed E-state index contributed by atoms with van der Waals surface area (Å²) >= 11 is 0. The molecular formula is C13H21N3O3S. The molecule has 1 saturated heterocycles. The molecule has 1 fully saturated rings. The molecule has 0 aromatic carbocycles. The number of amides is 1. The van der Waals surface area contributed by atoms with Gasteiger partial charge in [-0.2, -0.15) is 0 Å². The number of sulfonamides is 1. The van der Waals surface area contributed by atoms with E-state index in [2.05, 4.69) is 18.8 Å². The van der Waals surface area contributed by atoms with Crippen LogP contribution in [-0.4, -0.2) is 37.3 Å². The second-order valence-corrected chi connectivity index (χ2v) is 7.04. The third-order valence-electron chi connectivity index (χ3n) is 4.44. The number of likely N-dealkylation sites (tertiary alicyclic amines) is 1. The maximum atomic E-state index is 12.4. The van der Waals surface area contributed by atoms with E-state index in [1.807, 2.05) is 0 Å². The van der Waals surface area contributed by atoms with E-state index in [1.54, 1.807) is 4.90 Å². The third-order valence-corrected chi connectivity index (χ3v) is 5.33. The largest absolute Gasteiger partial charge is 0.356 e. The van der Waals surface area contributed by atoms with Crippen LogP contribution in [0.25, 0.3) is 0 Å². The van der Waals surface area contributed by atoms with Gasteiger partial charge in [0.2, 0.25) is 10.0 Å². The number of nitrogens with zero attached hydrogens (tertiary/aromatic N) is 1. The average Bonchev–Trinajstić information content (AvgIpc) is 3.05. The number of aromatic nitrogens is 1. The van der Waals surface area contributed by atoms with Gasteiger partial charge in [-0.1, -0.05) is 13.8 Å². The Hall–Kier alpha value is -1.34. The Kier molecular flexibility index (Phi) is 3.93. The highest BCUT2D eigenvalue weighted by Gasteiger charge is 2.37. The van der Waals surface area contributed by atoms with E-state index in [4.69, 9.17) is 5.14 Å². The van der Waals surface area contributed by atoms with Crippen molar-refractivity contribution in [1.29, 1.82) is 0 Å². The molecule has 112 valence electrons. The van der Waals surface area contributed by atoms with Crippen LogP contribution in [0.1, 0.15) is 43.6 Å². The summed E-state index contributed by atoms with van der Waals surface area (Å²) in [4.78, 5) is 16.8. The van der Waals surface area contributed by atoms with E-state index in [0.717, 1.165) is 25.8 Å². The van der Waals surface area contributed by atoms with Crippen molar-refractivity contribution in [1.82, 2.24) is 9.88 Å². The fraction of sp³-hybridized carbons (Fsp3) is 0.615. The van der Waals surface area contributed by atoms with Gasteiger partial charge in [0, 0.05) is 19.3 Å². The predicted octanol–water partition coefficient (Wildman–Crippen LogP) is 1.31. The van der Waals surface area contributed by atoms with Crippen molar-refractivity contribution < 1.29 is 13.2 Å². The van der Waals surface area contributed by atoms with Crippen molar-refractivity contribution in [3.8, 4) is 0 Å². The first kappa shape index (κ1) is 15.1. The fourth-order valence-corrected chi connectivity index (χ4v) is 3.27. The lowest BCUT2D eigenvalue weighted by molar-refractivity contribution is 0.0764. The predicted molar refractivity (Wildman–Crippen MR) is 75.7 cm³/mol. The molecule has 1 amide bonds. The Morgan fingerprint density at radius 2 is 2.10 bits per heavy atom. The lowest BCUT2D eigenvalue weighted by Crippen LogP contribution is -2.32. The van der Waals surface area contributed by atoms with Crippen molar-refractivity contribution in [2.75, 3.05) is 13.1 Å². The normalized spacial score (nSPS) is 18.4.